The Kier molecular flexibility index (Phi) is 3.81. The van der Waals surface area contributed by atoms with Gasteiger partial charge in [0.05, 0.1) is 0 Å². The average molecular weight is 267 g/mol. The van der Waals surface area contributed by atoms with E-state index in [1.165, 1.54) is 19.3 Å². The predicted molar refractivity (Wildman–Crippen MR) is 81.8 cm³/mol. The molecule has 0 unspecified atom stereocenters. The van der Waals surface area contributed by atoms with Gasteiger partial charge in [-0.05, 0) is 43.1 Å². The first-order valence-electron chi connectivity index (χ1n) is 7.66. The summed E-state index contributed by atoms with van der Waals surface area (Å²) in [4.78, 5) is 16.9. The molecule has 0 spiro atoms. The van der Waals surface area contributed by atoms with Crippen LogP contribution in [0.3, 0.4) is 0 Å². The molecule has 0 atom stereocenters. The minimum atomic E-state index is 0.219. The molecule has 1 heterocycles. The number of ketones is 1. The van der Waals surface area contributed by atoms with E-state index in [-0.39, 0.29) is 5.92 Å². The number of carbonyl (C=O) groups is 1. The van der Waals surface area contributed by atoms with Crippen LogP contribution in [0.2, 0.25) is 0 Å². The van der Waals surface area contributed by atoms with Crippen LogP contribution in [0.25, 0.3) is 10.8 Å². The second-order valence-corrected chi connectivity index (χ2v) is 5.89. The first-order chi connectivity index (χ1) is 9.79. The fourth-order valence-electron chi connectivity index (χ4n) is 3.39. The molecular formula is C18H21NO. The number of Topliss-reactive ketones (excluding diaryl/α,β-unsaturated/α-hetero) is 1. The molecule has 3 rings (SSSR count). The highest BCUT2D eigenvalue weighted by Gasteiger charge is 2.26. The van der Waals surface area contributed by atoms with Crippen LogP contribution in [-0.4, -0.2) is 10.8 Å². The third-order valence-corrected chi connectivity index (χ3v) is 4.74. The van der Waals surface area contributed by atoms with E-state index in [1.54, 1.807) is 6.20 Å². The number of pyridine rings is 1. The summed E-state index contributed by atoms with van der Waals surface area (Å²) in [6, 6.07) is 7.92. The molecule has 1 fully saturated rings. The Morgan fingerprint density at radius 2 is 2.00 bits per heavy atom. The van der Waals surface area contributed by atoms with Crippen molar-refractivity contribution in [3.63, 3.8) is 0 Å². The second kappa shape index (κ2) is 5.74. The third kappa shape index (κ3) is 2.47. The number of hydrogen-bond donors (Lipinski definition) is 0. The van der Waals surface area contributed by atoms with Crippen LogP contribution in [0.5, 0.6) is 0 Å². The third-order valence-electron chi connectivity index (χ3n) is 4.74. The molecule has 1 aromatic carbocycles. The Balaban J connectivity index is 1.86. The van der Waals surface area contributed by atoms with Crippen molar-refractivity contribution in [3.8, 4) is 0 Å². The minimum Gasteiger partial charge on any atom is -0.294 e. The molecule has 1 aromatic heterocycles. The van der Waals surface area contributed by atoms with E-state index in [0.29, 0.717) is 5.78 Å². The highest BCUT2D eigenvalue weighted by Crippen LogP contribution is 2.33. The monoisotopic (exact) mass is 267 g/mol. The molecule has 0 N–H and O–H groups in total. The van der Waals surface area contributed by atoms with Gasteiger partial charge in [-0.2, -0.15) is 0 Å². The minimum absolute atomic E-state index is 0.219. The molecule has 1 saturated carbocycles. The van der Waals surface area contributed by atoms with Gasteiger partial charge < -0.3 is 0 Å². The zero-order valence-electron chi connectivity index (χ0n) is 12.0. The molecule has 104 valence electrons. The predicted octanol–water partition coefficient (Wildman–Crippen LogP) is 4.63. The van der Waals surface area contributed by atoms with E-state index in [1.807, 2.05) is 30.5 Å². The summed E-state index contributed by atoms with van der Waals surface area (Å²) in [5.41, 5.74) is 0.879. The molecule has 2 nitrogen and oxygen atoms in total. The second-order valence-electron chi connectivity index (χ2n) is 5.89. The largest absolute Gasteiger partial charge is 0.294 e. The number of aromatic nitrogens is 1. The van der Waals surface area contributed by atoms with Gasteiger partial charge in [-0.15, -0.1) is 0 Å². The van der Waals surface area contributed by atoms with Gasteiger partial charge in [0.2, 0.25) is 0 Å². The SMILES string of the molecule is CCC1CCC(C(=O)c2cccc3cnccc23)CC1. The van der Waals surface area contributed by atoms with E-state index in [2.05, 4.69) is 11.9 Å². The van der Waals surface area contributed by atoms with Gasteiger partial charge in [0.15, 0.2) is 5.78 Å². The Labute approximate surface area is 120 Å². The molecule has 0 aliphatic heterocycles. The van der Waals surface area contributed by atoms with Crippen molar-refractivity contribution in [3.05, 3.63) is 42.2 Å². The van der Waals surface area contributed by atoms with E-state index < -0.39 is 0 Å². The van der Waals surface area contributed by atoms with Crippen LogP contribution in [0.1, 0.15) is 49.4 Å². The Hall–Kier alpha value is -1.70. The Bertz CT molecular complexity index is 606. The van der Waals surface area contributed by atoms with Crippen LogP contribution >= 0.6 is 0 Å². The first kappa shape index (κ1) is 13.3. The maximum Gasteiger partial charge on any atom is 0.166 e. The summed E-state index contributed by atoms with van der Waals surface area (Å²) < 4.78 is 0. The quantitative estimate of drug-likeness (QED) is 0.759. The van der Waals surface area contributed by atoms with Crippen LogP contribution in [0, 0.1) is 11.8 Å². The molecular weight excluding hydrogens is 246 g/mol. The lowest BCUT2D eigenvalue weighted by atomic mass is 9.77. The van der Waals surface area contributed by atoms with Gasteiger partial charge in [-0.3, -0.25) is 9.78 Å². The van der Waals surface area contributed by atoms with Crippen molar-refractivity contribution in [2.24, 2.45) is 11.8 Å². The van der Waals surface area contributed by atoms with Crippen molar-refractivity contribution in [1.82, 2.24) is 4.98 Å². The van der Waals surface area contributed by atoms with Gasteiger partial charge >= 0.3 is 0 Å². The highest BCUT2D eigenvalue weighted by molar-refractivity contribution is 6.08. The van der Waals surface area contributed by atoms with Gasteiger partial charge in [0.25, 0.3) is 0 Å². The van der Waals surface area contributed by atoms with E-state index in [0.717, 1.165) is 35.1 Å². The molecule has 0 bridgehead atoms. The van der Waals surface area contributed by atoms with Crippen LogP contribution in [0.4, 0.5) is 0 Å². The summed E-state index contributed by atoms with van der Waals surface area (Å²) in [5, 5.41) is 2.10. The highest BCUT2D eigenvalue weighted by atomic mass is 16.1. The number of rotatable bonds is 3. The van der Waals surface area contributed by atoms with Crippen LogP contribution in [-0.2, 0) is 0 Å². The van der Waals surface area contributed by atoms with Gasteiger partial charge in [-0.1, -0.05) is 31.5 Å². The Morgan fingerprint density at radius 3 is 2.75 bits per heavy atom. The zero-order valence-corrected chi connectivity index (χ0v) is 12.0. The molecule has 0 radical (unpaired) electrons. The number of fused-ring (bicyclic) bond motifs is 1. The molecule has 2 aromatic rings. The number of nitrogens with zero attached hydrogens (tertiary/aromatic N) is 1. The van der Waals surface area contributed by atoms with Gasteiger partial charge in [-0.25, -0.2) is 0 Å². The van der Waals surface area contributed by atoms with Crippen molar-refractivity contribution in [2.45, 2.75) is 39.0 Å². The lowest BCUT2D eigenvalue weighted by Crippen LogP contribution is -2.22. The number of hydrogen-bond acceptors (Lipinski definition) is 2. The first-order valence-corrected chi connectivity index (χ1v) is 7.66. The zero-order chi connectivity index (χ0) is 13.9. The van der Waals surface area contributed by atoms with Crippen LogP contribution < -0.4 is 0 Å². The molecule has 0 saturated heterocycles. The summed E-state index contributed by atoms with van der Waals surface area (Å²) in [7, 11) is 0. The maximum absolute atomic E-state index is 12.8. The van der Waals surface area contributed by atoms with Crippen molar-refractivity contribution in [2.75, 3.05) is 0 Å². The molecule has 1 aliphatic carbocycles. The smallest absolute Gasteiger partial charge is 0.166 e. The molecule has 1 aliphatic rings. The van der Waals surface area contributed by atoms with E-state index in [9.17, 15) is 4.79 Å². The normalized spacial score (nSPS) is 22.9. The van der Waals surface area contributed by atoms with Crippen molar-refractivity contribution < 1.29 is 4.79 Å². The van der Waals surface area contributed by atoms with E-state index >= 15 is 0 Å². The van der Waals surface area contributed by atoms with Gasteiger partial charge in [0.1, 0.15) is 0 Å². The Morgan fingerprint density at radius 1 is 1.20 bits per heavy atom. The number of benzene rings is 1. The summed E-state index contributed by atoms with van der Waals surface area (Å²) >= 11 is 0. The van der Waals surface area contributed by atoms with Crippen molar-refractivity contribution in [1.29, 1.82) is 0 Å². The standard InChI is InChI=1S/C18H21NO/c1-2-13-6-8-14(9-7-13)18(20)17-5-3-4-15-12-19-11-10-16(15)17/h3-5,10-14H,2,6-9H2,1H3. The summed E-state index contributed by atoms with van der Waals surface area (Å²) in [5.74, 6) is 1.38. The topological polar surface area (TPSA) is 30.0 Å². The lowest BCUT2D eigenvalue weighted by molar-refractivity contribution is 0.0873. The molecule has 0 amide bonds. The molecule has 20 heavy (non-hydrogen) atoms. The summed E-state index contributed by atoms with van der Waals surface area (Å²) in [6.07, 6.45) is 9.38. The van der Waals surface area contributed by atoms with E-state index in [4.69, 9.17) is 0 Å². The lowest BCUT2D eigenvalue weighted by Gasteiger charge is -2.27. The fraction of sp³-hybridized carbons (Fsp3) is 0.444. The average Bonchev–Trinajstić information content (AvgIpc) is 2.54. The fourth-order valence-corrected chi connectivity index (χ4v) is 3.39. The van der Waals surface area contributed by atoms with Gasteiger partial charge in [0, 0.05) is 29.3 Å². The van der Waals surface area contributed by atoms with Crippen molar-refractivity contribution >= 4 is 16.6 Å². The van der Waals surface area contributed by atoms with Crippen LogP contribution in [0.15, 0.2) is 36.7 Å². The summed E-state index contributed by atoms with van der Waals surface area (Å²) in [6.45, 7) is 2.25. The maximum atomic E-state index is 12.8. The molecule has 2 heteroatoms. The number of carbonyl (C=O) groups excluding carboxylic acids is 1.